The minimum absolute atomic E-state index is 0.172. The van der Waals surface area contributed by atoms with Crippen molar-refractivity contribution in [3.63, 3.8) is 0 Å². The molecule has 0 aliphatic carbocycles. The van der Waals surface area contributed by atoms with Crippen LogP contribution in [0.4, 0.5) is 8.78 Å². The van der Waals surface area contributed by atoms with E-state index in [4.69, 9.17) is 0 Å². The molecule has 0 atom stereocenters. The number of imidazole rings is 1. The fourth-order valence-corrected chi connectivity index (χ4v) is 3.98. The first kappa shape index (κ1) is 18.7. The van der Waals surface area contributed by atoms with Crippen LogP contribution in [0.2, 0.25) is 0 Å². The maximum atomic E-state index is 13.3. The summed E-state index contributed by atoms with van der Waals surface area (Å²) in [6, 6.07) is 11.5. The fourth-order valence-electron chi connectivity index (χ4n) is 3.98. The van der Waals surface area contributed by atoms with Crippen LogP contribution in [-0.2, 0) is 6.54 Å². The Morgan fingerprint density at radius 2 is 1.86 bits per heavy atom. The third kappa shape index (κ3) is 3.83. The smallest absolute Gasteiger partial charge is 0.176 e. The Morgan fingerprint density at radius 1 is 1.11 bits per heavy atom. The molecule has 1 aromatic heterocycles. The van der Waals surface area contributed by atoms with Gasteiger partial charge in [0.1, 0.15) is 5.82 Å². The van der Waals surface area contributed by atoms with Crippen molar-refractivity contribution < 1.29 is 13.6 Å². The Bertz CT molecular complexity index is 1010. The van der Waals surface area contributed by atoms with Gasteiger partial charge >= 0.3 is 0 Å². The lowest BCUT2D eigenvalue weighted by Crippen LogP contribution is -2.38. The molecule has 0 unspecified atom stereocenters. The van der Waals surface area contributed by atoms with Crippen LogP contribution in [0.3, 0.4) is 0 Å². The number of hydrogen-bond donors (Lipinski definition) is 0. The second-order valence-corrected chi connectivity index (χ2v) is 7.53. The van der Waals surface area contributed by atoms with Crippen LogP contribution >= 0.6 is 0 Å². The molecule has 1 saturated heterocycles. The van der Waals surface area contributed by atoms with Crippen LogP contribution in [0, 0.1) is 24.5 Å². The maximum Gasteiger partial charge on any atom is 0.176 e. The second kappa shape index (κ2) is 7.80. The Kier molecular flexibility index (Phi) is 5.22. The Morgan fingerprint density at radius 3 is 2.61 bits per heavy atom. The summed E-state index contributed by atoms with van der Waals surface area (Å²) in [5.74, 6) is -0.524. The lowest BCUT2D eigenvalue weighted by atomic mass is 9.96. The molecule has 1 aliphatic heterocycles. The van der Waals surface area contributed by atoms with Crippen molar-refractivity contribution in [1.29, 1.82) is 0 Å². The summed E-state index contributed by atoms with van der Waals surface area (Å²) in [5.41, 5.74) is 2.41. The van der Waals surface area contributed by atoms with Crippen molar-refractivity contribution in [2.75, 3.05) is 19.6 Å². The quantitative estimate of drug-likeness (QED) is 0.619. The molecule has 4 rings (SSSR count). The van der Waals surface area contributed by atoms with Gasteiger partial charge in [-0.15, -0.1) is 0 Å². The summed E-state index contributed by atoms with van der Waals surface area (Å²) in [6.07, 6.45) is 1.99. The molecule has 0 N–H and O–H groups in total. The number of ketones is 1. The van der Waals surface area contributed by atoms with E-state index in [-0.39, 0.29) is 17.9 Å². The Hall–Kier alpha value is -2.60. The first-order chi connectivity index (χ1) is 13.5. The summed E-state index contributed by atoms with van der Waals surface area (Å²) >= 11 is 0. The van der Waals surface area contributed by atoms with E-state index in [9.17, 15) is 13.6 Å². The number of halogens is 2. The predicted octanol–water partition coefficient (Wildman–Crippen LogP) is 4.22. The van der Waals surface area contributed by atoms with Crippen molar-refractivity contribution in [3.8, 4) is 0 Å². The number of aryl methyl sites for hydroxylation is 1. The number of Topliss-reactive ketones (excluding diaryl/α,β-unsaturated/α-hetero) is 1. The molecule has 6 heteroatoms. The van der Waals surface area contributed by atoms with Gasteiger partial charge in [0, 0.05) is 12.1 Å². The number of para-hydroxylation sites is 2. The average Bonchev–Trinajstić information content (AvgIpc) is 3.01. The maximum absolute atomic E-state index is 13.3. The van der Waals surface area contributed by atoms with E-state index in [2.05, 4.69) is 20.5 Å². The van der Waals surface area contributed by atoms with E-state index < -0.39 is 11.6 Å². The standard InChI is InChI=1S/C22H23F2N3O/c1-15-25-20-4-2-3-5-21(20)27(15)13-16-8-10-26(11-9-16)14-22(28)17-6-7-18(23)19(24)12-17/h2-7,12,16H,8-11,13-14H2,1H3. The zero-order valence-electron chi connectivity index (χ0n) is 15.9. The van der Waals surface area contributed by atoms with Crippen molar-refractivity contribution in [2.45, 2.75) is 26.3 Å². The highest BCUT2D eigenvalue weighted by Gasteiger charge is 2.23. The molecule has 1 aliphatic rings. The number of hydrogen-bond acceptors (Lipinski definition) is 3. The molecule has 4 nitrogen and oxygen atoms in total. The molecule has 0 spiro atoms. The number of carbonyl (C=O) groups is 1. The number of fused-ring (bicyclic) bond motifs is 1. The third-order valence-electron chi connectivity index (χ3n) is 5.60. The minimum Gasteiger partial charge on any atom is -0.328 e. The summed E-state index contributed by atoms with van der Waals surface area (Å²) in [6.45, 7) is 4.86. The van der Waals surface area contributed by atoms with Crippen LogP contribution < -0.4 is 0 Å². The number of likely N-dealkylation sites (tertiary alicyclic amines) is 1. The first-order valence-corrected chi connectivity index (χ1v) is 9.64. The third-order valence-corrected chi connectivity index (χ3v) is 5.60. The van der Waals surface area contributed by atoms with Crippen LogP contribution in [0.15, 0.2) is 42.5 Å². The largest absolute Gasteiger partial charge is 0.328 e. The van der Waals surface area contributed by atoms with Gasteiger partial charge < -0.3 is 4.57 Å². The highest BCUT2D eigenvalue weighted by Crippen LogP contribution is 2.23. The van der Waals surface area contributed by atoms with Crippen molar-refractivity contribution in [1.82, 2.24) is 14.5 Å². The summed E-state index contributed by atoms with van der Waals surface area (Å²) in [7, 11) is 0. The van der Waals surface area contributed by atoms with Gasteiger partial charge in [-0.3, -0.25) is 9.69 Å². The molecule has 0 saturated carbocycles. The first-order valence-electron chi connectivity index (χ1n) is 9.64. The van der Waals surface area contributed by atoms with E-state index in [1.165, 1.54) is 6.07 Å². The number of rotatable bonds is 5. The number of aromatic nitrogens is 2. The van der Waals surface area contributed by atoms with Gasteiger partial charge in [-0.05, 0) is 69.1 Å². The van der Waals surface area contributed by atoms with Crippen LogP contribution in [-0.4, -0.2) is 39.9 Å². The van der Waals surface area contributed by atoms with Crippen LogP contribution in [0.1, 0.15) is 29.0 Å². The number of nitrogens with zero attached hydrogens (tertiary/aromatic N) is 3. The molecule has 28 heavy (non-hydrogen) atoms. The molecule has 2 heterocycles. The SMILES string of the molecule is Cc1nc2ccccc2n1CC1CCN(CC(=O)c2ccc(F)c(F)c2)CC1. The van der Waals surface area contributed by atoms with E-state index in [1.807, 2.05) is 25.1 Å². The topological polar surface area (TPSA) is 38.1 Å². The summed E-state index contributed by atoms with van der Waals surface area (Å²) < 4.78 is 28.7. The minimum atomic E-state index is -0.979. The number of piperidine rings is 1. The highest BCUT2D eigenvalue weighted by atomic mass is 19.2. The van der Waals surface area contributed by atoms with Crippen molar-refractivity contribution in [3.05, 3.63) is 65.5 Å². The van der Waals surface area contributed by atoms with Gasteiger partial charge in [-0.2, -0.15) is 0 Å². The summed E-state index contributed by atoms with van der Waals surface area (Å²) in [4.78, 5) is 19.1. The molecule has 146 valence electrons. The summed E-state index contributed by atoms with van der Waals surface area (Å²) in [5, 5.41) is 0. The van der Waals surface area contributed by atoms with Crippen molar-refractivity contribution in [2.24, 2.45) is 5.92 Å². The number of benzene rings is 2. The van der Waals surface area contributed by atoms with Gasteiger partial charge in [0.05, 0.1) is 17.6 Å². The molecule has 2 aromatic carbocycles. The molecule has 0 amide bonds. The van der Waals surface area contributed by atoms with Gasteiger partial charge in [-0.1, -0.05) is 12.1 Å². The second-order valence-electron chi connectivity index (χ2n) is 7.53. The van der Waals surface area contributed by atoms with E-state index >= 15 is 0 Å². The van der Waals surface area contributed by atoms with Gasteiger partial charge in [0.15, 0.2) is 17.4 Å². The molecule has 3 aromatic rings. The zero-order valence-corrected chi connectivity index (χ0v) is 15.9. The van der Waals surface area contributed by atoms with E-state index in [0.717, 1.165) is 61.5 Å². The molecular formula is C22H23F2N3O. The lowest BCUT2D eigenvalue weighted by Gasteiger charge is -2.32. The molecular weight excluding hydrogens is 360 g/mol. The highest BCUT2D eigenvalue weighted by molar-refractivity contribution is 5.97. The molecule has 0 radical (unpaired) electrons. The average molecular weight is 383 g/mol. The molecule has 0 bridgehead atoms. The zero-order chi connectivity index (χ0) is 19.7. The van der Waals surface area contributed by atoms with Gasteiger partial charge in [0.2, 0.25) is 0 Å². The predicted molar refractivity (Wildman–Crippen MR) is 104 cm³/mol. The monoisotopic (exact) mass is 383 g/mol. The van der Waals surface area contributed by atoms with Crippen molar-refractivity contribution >= 4 is 16.8 Å². The normalized spacial score (nSPS) is 16.0. The Balaban J connectivity index is 1.35. The lowest BCUT2D eigenvalue weighted by molar-refractivity contribution is 0.0890. The fraction of sp³-hybridized carbons (Fsp3) is 0.364. The van der Waals surface area contributed by atoms with E-state index in [1.54, 1.807) is 0 Å². The van der Waals surface area contributed by atoms with Gasteiger partial charge in [-0.25, -0.2) is 13.8 Å². The molecule has 1 fully saturated rings. The van der Waals surface area contributed by atoms with Gasteiger partial charge in [0.25, 0.3) is 0 Å². The number of carbonyl (C=O) groups excluding carboxylic acids is 1. The van der Waals surface area contributed by atoms with Crippen LogP contribution in [0.5, 0.6) is 0 Å². The van der Waals surface area contributed by atoms with Crippen LogP contribution in [0.25, 0.3) is 11.0 Å². The Labute approximate surface area is 162 Å². The van der Waals surface area contributed by atoms with E-state index in [0.29, 0.717) is 5.92 Å².